The van der Waals surface area contributed by atoms with Crippen LogP contribution in [-0.4, -0.2) is 73.2 Å². The Bertz CT molecular complexity index is 826. The van der Waals surface area contributed by atoms with Crippen molar-refractivity contribution >= 4 is 23.4 Å². The van der Waals surface area contributed by atoms with Gasteiger partial charge in [0, 0.05) is 52.6 Å². The molecule has 0 spiro atoms. The number of amides is 2. The van der Waals surface area contributed by atoms with Crippen LogP contribution < -0.4 is 11.5 Å². The molecule has 4 aliphatic carbocycles. The van der Waals surface area contributed by atoms with E-state index in [4.69, 9.17) is 30.8 Å². The molecule has 4 rings (SSSR count). The molecule has 0 heterocycles. The van der Waals surface area contributed by atoms with Crippen LogP contribution in [0.4, 0.5) is 0 Å². The van der Waals surface area contributed by atoms with Gasteiger partial charge in [0.05, 0.1) is 31.5 Å². The fraction of sp³-hybridized carbons (Fsp3) is 0.895. The Morgan fingerprint density at radius 1 is 0.583 bits per heavy atom. The molecule has 4 aliphatic rings. The van der Waals surface area contributed by atoms with Crippen LogP contribution in [0.3, 0.4) is 0 Å². The second-order valence-corrected chi connectivity index (χ2v) is 14.0. The highest BCUT2D eigenvalue weighted by Gasteiger charge is 2.27. The molecule has 5 N–H and O–H groups in total. The van der Waals surface area contributed by atoms with Crippen molar-refractivity contribution in [3.63, 3.8) is 0 Å². The molecule has 0 aliphatic heterocycles. The molecule has 10 nitrogen and oxygen atoms in total. The Balaban J connectivity index is -0.000000576. The number of aliphatic hydroxyl groups excluding tert-OH is 1. The summed E-state index contributed by atoms with van der Waals surface area (Å²) in [7, 11) is 0. The quantitative estimate of drug-likeness (QED) is 0.176. The molecule has 0 aromatic rings. The van der Waals surface area contributed by atoms with Crippen molar-refractivity contribution in [1.29, 1.82) is 0 Å². The fourth-order valence-corrected chi connectivity index (χ4v) is 5.81. The summed E-state index contributed by atoms with van der Waals surface area (Å²) in [4.78, 5) is 43.1. The van der Waals surface area contributed by atoms with Crippen molar-refractivity contribution in [3.05, 3.63) is 0 Å². The van der Waals surface area contributed by atoms with E-state index >= 15 is 0 Å². The number of aliphatic hydroxyl groups is 1. The lowest BCUT2D eigenvalue weighted by Crippen LogP contribution is -2.27. The van der Waals surface area contributed by atoms with Crippen molar-refractivity contribution < 1.29 is 41.3 Å². The summed E-state index contributed by atoms with van der Waals surface area (Å²) in [6, 6.07) is 0. The predicted octanol–water partition coefficient (Wildman–Crippen LogP) is 6.95. The number of hydrogen-bond donors (Lipinski definition) is 3. The van der Waals surface area contributed by atoms with Gasteiger partial charge in [0.25, 0.3) is 0 Å². The number of carbonyl (C=O) groups is 4. The zero-order valence-electron chi connectivity index (χ0n) is 31.4. The summed E-state index contributed by atoms with van der Waals surface area (Å²) >= 11 is 0. The summed E-state index contributed by atoms with van der Waals surface area (Å²) in [6.45, 7) is 13.6. The monoisotopic (exact) mass is 689 g/mol. The van der Waals surface area contributed by atoms with E-state index in [2.05, 4.69) is 0 Å². The first-order valence-electron chi connectivity index (χ1n) is 19.0. The number of nitrogens with two attached hydrogens (primary N) is 2. The Morgan fingerprint density at radius 2 is 0.917 bits per heavy atom. The number of Topliss-reactive ketones (excluding diaryl/α,β-unsaturated/α-hetero) is 2. The fourth-order valence-electron chi connectivity index (χ4n) is 5.81. The number of ketones is 2. The van der Waals surface area contributed by atoms with E-state index in [1.54, 1.807) is 6.92 Å². The van der Waals surface area contributed by atoms with Gasteiger partial charge >= 0.3 is 0 Å². The van der Waals surface area contributed by atoms with Gasteiger partial charge in [0.2, 0.25) is 11.8 Å². The summed E-state index contributed by atoms with van der Waals surface area (Å²) in [6.07, 6.45) is 19.3. The molecule has 0 aromatic heterocycles. The lowest BCUT2D eigenvalue weighted by atomic mass is 9.79. The van der Waals surface area contributed by atoms with Gasteiger partial charge in [-0.3, -0.25) is 19.2 Å². The predicted molar refractivity (Wildman–Crippen MR) is 195 cm³/mol. The van der Waals surface area contributed by atoms with Gasteiger partial charge in [-0.15, -0.1) is 0 Å². The second-order valence-electron chi connectivity index (χ2n) is 14.0. The minimum absolute atomic E-state index is 0. The number of rotatable bonds is 14. The maximum absolute atomic E-state index is 11.1. The van der Waals surface area contributed by atoms with Crippen molar-refractivity contribution in [2.45, 2.75) is 169 Å². The average Bonchev–Trinajstić information content (AvgIpc) is 2.98. The van der Waals surface area contributed by atoms with E-state index in [-0.39, 0.29) is 33.1 Å². The van der Waals surface area contributed by atoms with Crippen LogP contribution in [0.5, 0.6) is 0 Å². The Hall–Kier alpha value is -1.88. The van der Waals surface area contributed by atoms with Crippen molar-refractivity contribution in [1.82, 2.24) is 0 Å². The second kappa shape index (κ2) is 28.9. The molecule has 0 atom stereocenters. The van der Waals surface area contributed by atoms with E-state index in [0.29, 0.717) is 67.8 Å². The molecule has 48 heavy (non-hydrogen) atoms. The normalized spacial score (nSPS) is 20.9. The van der Waals surface area contributed by atoms with Crippen molar-refractivity contribution in [2.24, 2.45) is 35.1 Å². The van der Waals surface area contributed by atoms with E-state index in [9.17, 15) is 19.2 Å². The van der Waals surface area contributed by atoms with Gasteiger partial charge in [-0.1, -0.05) is 59.8 Å². The van der Waals surface area contributed by atoms with E-state index in [1.165, 1.54) is 32.1 Å². The van der Waals surface area contributed by atoms with E-state index < -0.39 is 0 Å². The van der Waals surface area contributed by atoms with Gasteiger partial charge < -0.3 is 30.8 Å². The van der Waals surface area contributed by atoms with Crippen LogP contribution in [0.1, 0.15) is 154 Å². The highest BCUT2D eigenvalue weighted by Crippen LogP contribution is 2.30. The van der Waals surface area contributed by atoms with E-state index in [0.717, 1.165) is 70.8 Å². The summed E-state index contributed by atoms with van der Waals surface area (Å²) < 4.78 is 16.6. The van der Waals surface area contributed by atoms with Crippen LogP contribution in [0.15, 0.2) is 0 Å². The third-order valence-corrected chi connectivity index (χ3v) is 9.13. The Morgan fingerprint density at radius 3 is 1.17 bits per heavy atom. The molecule has 0 saturated heterocycles. The number of primary amides is 2. The summed E-state index contributed by atoms with van der Waals surface area (Å²) in [5.74, 6) is 1.77. The molecular formula is C38H76N2O8. The largest absolute Gasteiger partial charge is 0.397 e. The number of hydrogen-bond acceptors (Lipinski definition) is 8. The van der Waals surface area contributed by atoms with Crippen LogP contribution in [-0.2, 0) is 33.4 Å². The maximum Gasteiger partial charge on any atom is 0.219 e. The molecule has 2 amide bonds. The molecule has 0 unspecified atom stereocenters. The minimum Gasteiger partial charge on any atom is -0.397 e. The van der Waals surface area contributed by atoms with Gasteiger partial charge in [0.1, 0.15) is 11.6 Å². The smallest absolute Gasteiger partial charge is 0.219 e. The standard InChI is InChI=1S/C11H21NO3.C9H17NO2.2C8H14O.C2H6O.2H2/c1-2-14-9-3-5-10(6-4-9)15-8-7-11(12)13;10-9(11)6-7-12-8-4-2-1-3-5-8;2*1-6(2)8(9)7-4-3-5-7;1-2-3;;/h9-10H,2-8H2,1H3,(H2,12,13);8H,1-7H2,(H2,10,11);2*6-7H,3-5H2,1-2H3;3H,2H2,1H3;2*1H. The SMILES string of the molecule is CC(C)C(=O)C1CCC1.CC(C)C(=O)C1CCC1.CCO.CCOC1CCC(OCCC(N)=O)CC1.NC(=O)CCOC1CCCCC1.[HH].[HH]. The average molecular weight is 689 g/mol. The van der Waals surface area contributed by atoms with Crippen LogP contribution in [0.25, 0.3) is 0 Å². The zero-order chi connectivity index (χ0) is 36.3. The van der Waals surface area contributed by atoms with Crippen LogP contribution in [0, 0.1) is 23.7 Å². The molecule has 0 bridgehead atoms. The molecule has 286 valence electrons. The molecule has 4 saturated carbocycles. The number of carbonyl (C=O) groups excluding carboxylic acids is 4. The van der Waals surface area contributed by atoms with Crippen molar-refractivity contribution in [3.8, 4) is 0 Å². The molecule has 0 aromatic carbocycles. The maximum atomic E-state index is 11.1. The topological polar surface area (TPSA) is 168 Å². The van der Waals surface area contributed by atoms with E-state index in [1.807, 2.05) is 34.6 Å². The molecule has 4 fully saturated rings. The van der Waals surface area contributed by atoms with Gasteiger partial charge in [-0.05, 0) is 78.1 Å². The lowest BCUT2D eigenvalue weighted by molar-refractivity contribution is -0.128. The van der Waals surface area contributed by atoms with Crippen molar-refractivity contribution in [2.75, 3.05) is 26.4 Å². The third-order valence-electron chi connectivity index (χ3n) is 9.13. The van der Waals surface area contributed by atoms with Crippen LogP contribution >= 0.6 is 0 Å². The lowest BCUT2D eigenvalue weighted by Gasteiger charge is -2.28. The Labute approximate surface area is 295 Å². The highest BCUT2D eigenvalue weighted by atomic mass is 16.5. The first-order chi connectivity index (χ1) is 22.9. The highest BCUT2D eigenvalue weighted by molar-refractivity contribution is 5.83. The zero-order valence-corrected chi connectivity index (χ0v) is 31.4. The molecule has 0 radical (unpaired) electrons. The Kier molecular flexibility index (Phi) is 27.8. The van der Waals surface area contributed by atoms with Gasteiger partial charge in [-0.25, -0.2) is 0 Å². The first-order valence-corrected chi connectivity index (χ1v) is 19.0. The van der Waals surface area contributed by atoms with Gasteiger partial charge in [0.15, 0.2) is 0 Å². The summed E-state index contributed by atoms with van der Waals surface area (Å²) in [5.41, 5.74) is 10.0. The summed E-state index contributed by atoms with van der Waals surface area (Å²) in [5, 5.41) is 7.57. The number of ether oxygens (including phenoxy) is 3. The van der Waals surface area contributed by atoms with Gasteiger partial charge in [-0.2, -0.15) is 0 Å². The molecule has 10 heteroatoms. The molecular weight excluding hydrogens is 612 g/mol. The van der Waals surface area contributed by atoms with Crippen LogP contribution in [0.2, 0.25) is 0 Å². The first kappa shape index (κ1) is 46.1. The minimum atomic E-state index is -0.294. The third kappa shape index (κ3) is 23.5.